The van der Waals surface area contributed by atoms with Gasteiger partial charge in [-0.05, 0) is 56.3 Å². The van der Waals surface area contributed by atoms with Gasteiger partial charge in [0.25, 0.3) is 5.91 Å². The SMILES string of the molecule is Cc1cc(C)n(-c2ccc(C(=O)Nc3ccccc3-n3cncn3)cc2)n1. The van der Waals surface area contributed by atoms with Crippen molar-refractivity contribution in [3.63, 3.8) is 0 Å². The fourth-order valence-electron chi connectivity index (χ4n) is 2.95. The van der Waals surface area contributed by atoms with Crippen molar-refractivity contribution in [1.29, 1.82) is 0 Å². The number of amides is 1. The van der Waals surface area contributed by atoms with E-state index >= 15 is 0 Å². The first-order chi connectivity index (χ1) is 13.1. The number of carbonyl (C=O) groups excluding carboxylic acids is 1. The molecule has 0 aliphatic rings. The molecule has 0 fully saturated rings. The molecule has 0 atom stereocenters. The molecule has 7 nitrogen and oxygen atoms in total. The molecule has 0 radical (unpaired) electrons. The van der Waals surface area contributed by atoms with E-state index in [4.69, 9.17) is 0 Å². The number of nitrogens with zero attached hydrogens (tertiary/aromatic N) is 5. The third-order valence-corrected chi connectivity index (χ3v) is 4.20. The minimum absolute atomic E-state index is 0.192. The summed E-state index contributed by atoms with van der Waals surface area (Å²) < 4.78 is 3.47. The van der Waals surface area contributed by atoms with Gasteiger partial charge in [0.05, 0.1) is 22.8 Å². The zero-order valence-corrected chi connectivity index (χ0v) is 15.0. The minimum Gasteiger partial charge on any atom is -0.320 e. The maximum atomic E-state index is 12.7. The first-order valence-corrected chi connectivity index (χ1v) is 8.51. The van der Waals surface area contributed by atoms with Crippen molar-refractivity contribution >= 4 is 11.6 Å². The van der Waals surface area contributed by atoms with Gasteiger partial charge in [0.2, 0.25) is 0 Å². The van der Waals surface area contributed by atoms with Crippen LogP contribution in [0.1, 0.15) is 21.7 Å². The summed E-state index contributed by atoms with van der Waals surface area (Å²) in [5.74, 6) is -0.192. The Balaban J connectivity index is 1.57. The van der Waals surface area contributed by atoms with Crippen molar-refractivity contribution in [3.8, 4) is 11.4 Å². The highest BCUT2D eigenvalue weighted by molar-refractivity contribution is 6.05. The Morgan fingerprint density at radius 2 is 1.81 bits per heavy atom. The van der Waals surface area contributed by atoms with Crippen molar-refractivity contribution in [2.24, 2.45) is 0 Å². The summed E-state index contributed by atoms with van der Waals surface area (Å²) in [6.07, 6.45) is 3.05. The first-order valence-electron chi connectivity index (χ1n) is 8.51. The number of rotatable bonds is 4. The predicted molar refractivity (Wildman–Crippen MR) is 102 cm³/mol. The Bertz CT molecular complexity index is 1080. The predicted octanol–water partition coefficient (Wildman–Crippen LogP) is 3.32. The summed E-state index contributed by atoms with van der Waals surface area (Å²) in [6, 6.07) is 16.8. The van der Waals surface area contributed by atoms with Crippen LogP contribution in [0.5, 0.6) is 0 Å². The van der Waals surface area contributed by atoms with Gasteiger partial charge >= 0.3 is 0 Å². The fourth-order valence-corrected chi connectivity index (χ4v) is 2.95. The van der Waals surface area contributed by atoms with E-state index in [0.717, 1.165) is 22.8 Å². The van der Waals surface area contributed by atoms with Crippen LogP contribution < -0.4 is 5.32 Å². The van der Waals surface area contributed by atoms with Crippen LogP contribution >= 0.6 is 0 Å². The summed E-state index contributed by atoms with van der Waals surface area (Å²) in [6.45, 7) is 3.96. The van der Waals surface area contributed by atoms with Crippen molar-refractivity contribution in [1.82, 2.24) is 24.5 Å². The number of carbonyl (C=O) groups is 1. The lowest BCUT2D eigenvalue weighted by Gasteiger charge is -2.11. The van der Waals surface area contributed by atoms with Crippen LogP contribution in [0.4, 0.5) is 5.69 Å². The number of benzene rings is 2. The van der Waals surface area contributed by atoms with Gasteiger partial charge in [0, 0.05) is 11.3 Å². The third-order valence-electron chi connectivity index (χ3n) is 4.20. The number of nitrogens with one attached hydrogen (secondary N) is 1. The van der Waals surface area contributed by atoms with Crippen molar-refractivity contribution in [3.05, 3.63) is 84.2 Å². The van der Waals surface area contributed by atoms with E-state index in [-0.39, 0.29) is 5.91 Å². The lowest BCUT2D eigenvalue weighted by molar-refractivity contribution is 0.102. The number of aromatic nitrogens is 5. The Morgan fingerprint density at radius 3 is 2.48 bits per heavy atom. The van der Waals surface area contributed by atoms with Gasteiger partial charge in [-0.1, -0.05) is 12.1 Å². The molecule has 1 N–H and O–H groups in total. The second kappa shape index (κ2) is 6.87. The molecule has 0 spiro atoms. The Kier molecular flexibility index (Phi) is 4.25. The highest BCUT2D eigenvalue weighted by atomic mass is 16.1. The molecular weight excluding hydrogens is 340 g/mol. The molecule has 4 rings (SSSR count). The van der Waals surface area contributed by atoms with Gasteiger partial charge in [0.15, 0.2) is 0 Å². The molecule has 2 aromatic carbocycles. The zero-order valence-electron chi connectivity index (χ0n) is 15.0. The Labute approximate surface area is 156 Å². The smallest absolute Gasteiger partial charge is 0.255 e. The second-order valence-electron chi connectivity index (χ2n) is 6.20. The number of hydrogen-bond acceptors (Lipinski definition) is 4. The molecule has 1 amide bonds. The standard InChI is InChI=1S/C20H18N6O/c1-14-11-15(2)26(24-14)17-9-7-16(8-10-17)20(27)23-18-5-3-4-6-19(18)25-13-21-12-22-25/h3-13H,1-2H3,(H,23,27). The largest absolute Gasteiger partial charge is 0.320 e. The molecule has 4 aromatic rings. The molecule has 0 saturated carbocycles. The highest BCUT2D eigenvalue weighted by Gasteiger charge is 2.11. The van der Waals surface area contributed by atoms with Crippen LogP contribution in [0.3, 0.4) is 0 Å². The van der Waals surface area contributed by atoms with E-state index in [1.807, 2.05) is 61.0 Å². The molecule has 134 valence electrons. The molecule has 0 saturated heterocycles. The van der Waals surface area contributed by atoms with Crippen LogP contribution in [-0.4, -0.2) is 30.5 Å². The van der Waals surface area contributed by atoms with Crippen LogP contribution in [0, 0.1) is 13.8 Å². The van der Waals surface area contributed by atoms with Gasteiger partial charge in [-0.15, -0.1) is 0 Å². The third kappa shape index (κ3) is 3.35. The molecule has 0 aliphatic heterocycles. The normalized spacial score (nSPS) is 10.7. The summed E-state index contributed by atoms with van der Waals surface area (Å²) in [4.78, 5) is 16.6. The first kappa shape index (κ1) is 16.7. The molecule has 0 aliphatic carbocycles. The minimum atomic E-state index is -0.192. The fraction of sp³-hybridized carbons (Fsp3) is 0.100. The number of para-hydroxylation sites is 2. The number of aryl methyl sites for hydroxylation is 2. The van der Waals surface area contributed by atoms with Gasteiger partial charge in [-0.25, -0.2) is 14.3 Å². The average molecular weight is 358 g/mol. The lowest BCUT2D eigenvalue weighted by atomic mass is 10.1. The van der Waals surface area contributed by atoms with Crippen molar-refractivity contribution in [2.45, 2.75) is 13.8 Å². The lowest BCUT2D eigenvalue weighted by Crippen LogP contribution is -2.14. The van der Waals surface area contributed by atoms with Gasteiger partial charge < -0.3 is 5.32 Å². The summed E-state index contributed by atoms with van der Waals surface area (Å²) in [7, 11) is 0. The average Bonchev–Trinajstić information content (AvgIpc) is 3.32. The highest BCUT2D eigenvalue weighted by Crippen LogP contribution is 2.20. The van der Waals surface area contributed by atoms with E-state index in [2.05, 4.69) is 20.5 Å². The van der Waals surface area contributed by atoms with Gasteiger partial charge in [-0.3, -0.25) is 4.79 Å². The summed E-state index contributed by atoms with van der Waals surface area (Å²) in [5.41, 5.74) is 4.90. The van der Waals surface area contributed by atoms with Crippen molar-refractivity contribution < 1.29 is 4.79 Å². The van der Waals surface area contributed by atoms with E-state index in [1.54, 1.807) is 23.1 Å². The molecule has 2 aromatic heterocycles. The Hall–Kier alpha value is -3.74. The molecule has 27 heavy (non-hydrogen) atoms. The van der Waals surface area contributed by atoms with Crippen LogP contribution in [0.2, 0.25) is 0 Å². The topological polar surface area (TPSA) is 77.6 Å². The quantitative estimate of drug-likeness (QED) is 0.607. The second-order valence-corrected chi connectivity index (χ2v) is 6.20. The molecule has 0 bridgehead atoms. The van der Waals surface area contributed by atoms with E-state index in [9.17, 15) is 4.79 Å². The van der Waals surface area contributed by atoms with E-state index in [1.165, 1.54) is 6.33 Å². The maximum absolute atomic E-state index is 12.7. The molecule has 7 heteroatoms. The maximum Gasteiger partial charge on any atom is 0.255 e. The zero-order chi connectivity index (χ0) is 18.8. The van der Waals surface area contributed by atoms with Gasteiger partial charge in [0.1, 0.15) is 12.7 Å². The molecule has 0 unspecified atom stereocenters. The van der Waals surface area contributed by atoms with Crippen LogP contribution in [-0.2, 0) is 0 Å². The van der Waals surface area contributed by atoms with Crippen LogP contribution in [0.25, 0.3) is 11.4 Å². The molecular formula is C20H18N6O. The molecule has 2 heterocycles. The van der Waals surface area contributed by atoms with Crippen molar-refractivity contribution in [2.75, 3.05) is 5.32 Å². The Morgan fingerprint density at radius 1 is 1.04 bits per heavy atom. The summed E-state index contributed by atoms with van der Waals surface area (Å²) in [5, 5.41) is 11.5. The number of hydrogen-bond donors (Lipinski definition) is 1. The van der Waals surface area contributed by atoms with E-state index < -0.39 is 0 Å². The monoisotopic (exact) mass is 358 g/mol. The van der Waals surface area contributed by atoms with E-state index in [0.29, 0.717) is 11.3 Å². The van der Waals surface area contributed by atoms with Crippen LogP contribution in [0.15, 0.2) is 67.3 Å². The number of anilines is 1. The summed E-state index contributed by atoms with van der Waals surface area (Å²) >= 11 is 0. The van der Waals surface area contributed by atoms with Gasteiger partial charge in [-0.2, -0.15) is 10.2 Å².